The summed E-state index contributed by atoms with van der Waals surface area (Å²) in [6.07, 6.45) is 2.73. The van der Waals surface area contributed by atoms with Crippen LogP contribution < -0.4 is 5.32 Å². The Kier molecular flexibility index (Phi) is 4.41. The molecule has 1 N–H and O–H groups in total. The van der Waals surface area contributed by atoms with Crippen LogP contribution in [0.25, 0.3) is 0 Å². The summed E-state index contributed by atoms with van der Waals surface area (Å²) in [5, 5.41) is 3.30. The average molecular weight is 262 g/mol. The predicted octanol–water partition coefficient (Wildman–Crippen LogP) is 0.0365. The minimum absolute atomic E-state index is 0.191. The van der Waals surface area contributed by atoms with Crippen LogP contribution in [0.5, 0.6) is 0 Å². The largest absolute Gasteiger partial charge is 0.385 e. The Labute approximate surface area is 104 Å². The summed E-state index contributed by atoms with van der Waals surface area (Å²) in [5.74, 6) is 0.727. The number of nitrogens with zero attached hydrogens (tertiary/aromatic N) is 1. The van der Waals surface area contributed by atoms with Gasteiger partial charge in [0.15, 0.2) is 0 Å². The van der Waals surface area contributed by atoms with E-state index in [1.165, 1.54) is 0 Å². The van der Waals surface area contributed by atoms with Crippen molar-refractivity contribution in [2.75, 3.05) is 39.1 Å². The highest BCUT2D eigenvalue weighted by atomic mass is 32.2. The van der Waals surface area contributed by atoms with Crippen molar-refractivity contribution in [2.45, 2.75) is 25.3 Å². The van der Waals surface area contributed by atoms with Crippen molar-refractivity contribution < 1.29 is 13.2 Å². The van der Waals surface area contributed by atoms with Gasteiger partial charge in [-0.2, -0.15) is 4.31 Å². The van der Waals surface area contributed by atoms with Gasteiger partial charge in [-0.3, -0.25) is 0 Å². The SMILES string of the molecule is COCCCS(=O)(=O)N1CCCC2CNCC21. The van der Waals surface area contributed by atoms with E-state index >= 15 is 0 Å². The predicted molar refractivity (Wildman–Crippen MR) is 66.4 cm³/mol. The van der Waals surface area contributed by atoms with E-state index in [0.717, 1.165) is 25.9 Å². The van der Waals surface area contributed by atoms with Crippen LogP contribution in [-0.4, -0.2) is 57.9 Å². The molecule has 6 heteroatoms. The highest BCUT2D eigenvalue weighted by Crippen LogP contribution is 2.28. The second-order valence-corrected chi connectivity index (χ2v) is 6.94. The number of hydrogen-bond donors (Lipinski definition) is 1. The smallest absolute Gasteiger partial charge is 0.214 e. The second-order valence-electron chi connectivity index (χ2n) is 4.90. The molecule has 0 aromatic heterocycles. The zero-order valence-electron chi connectivity index (χ0n) is 10.4. The Balaban J connectivity index is 1.99. The van der Waals surface area contributed by atoms with Crippen LogP contribution in [0.2, 0.25) is 0 Å². The summed E-state index contributed by atoms with van der Waals surface area (Å²) in [6.45, 7) is 2.99. The third kappa shape index (κ3) is 2.99. The molecule has 0 aromatic carbocycles. The lowest BCUT2D eigenvalue weighted by atomic mass is 9.94. The third-order valence-electron chi connectivity index (χ3n) is 3.74. The first-order valence-corrected chi connectivity index (χ1v) is 7.95. The molecule has 17 heavy (non-hydrogen) atoms. The molecule has 2 unspecified atom stereocenters. The monoisotopic (exact) mass is 262 g/mol. The summed E-state index contributed by atoms with van der Waals surface area (Å²) in [4.78, 5) is 0. The molecule has 2 rings (SSSR count). The third-order valence-corrected chi connectivity index (χ3v) is 5.71. The topological polar surface area (TPSA) is 58.6 Å². The Morgan fingerprint density at radius 1 is 1.41 bits per heavy atom. The molecule has 100 valence electrons. The summed E-state index contributed by atoms with van der Waals surface area (Å²) < 4.78 is 31.1. The van der Waals surface area contributed by atoms with E-state index in [-0.39, 0.29) is 11.8 Å². The number of fused-ring (bicyclic) bond motifs is 1. The van der Waals surface area contributed by atoms with Crippen LogP contribution in [0.4, 0.5) is 0 Å². The highest BCUT2D eigenvalue weighted by Gasteiger charge is 2.40. The van der Waals surface area contributed by atoms with Crippen LogP contribution >= 0.6 is 0 Å². The van der Waals surface area contributed by atoms with Gasteiger partial charge in [0.25, 0.3) is 0 Å². The first kappa shape index (κ1) is 13.3. The van der Waals surface area contributed by atoms with Gasteiger partial charge >= 0.3 is 0 Å². The normalized spacial score (nSPS) is 30.4. The van der Waals surface area contributed by atoms with Crippen LogP contribution in [0.3, 0.4) is 0 Å². The molecule has 0 amide bonds. The molecule has 0 aromatic rings. The minimum Gasteiger partial charge on any atom is -0.385 e. The Morgan fingerprint density at radius 3 is 3.00 bits per heavy atom. The quantitative estimate of drug-likeness (QED) is 0.711. The summed E-state index contributed by atoms with van der Waals surface area (Å²) in [6, 6.07) is 0.191. The second kappa shape index (κ2) is 5.65. The van der Waals surface area contributed by atoms with Crippen LogP contribution in [0.1, 0.15) is 19.3 Å². The number of piperidine rings is 1. The first-order chi connectivity index (χ1) is 8.15. The zero-order chi connectivity index (χ0) is 12.3. The average Bonchev–Trinajstić information content (AvgIpc) is 2.76. The fourth-order valence-electron chi connectivity index (χ4n) is 2.87. The van der Waals surface area contributed by atoms with E-state index < -0.39 is 10.0 Å². The molecule has 0 radical (unpaired) electrons. The van der Waals surface area contributed by atoms with Crippen LogP contribution in [0, 0.1) is 5.92 Å². The molecule has 5 nitrogen and oxygen atoms in total. The maximum atomic E-state index is 12.2. The molecule has 2 atom stereocenters. The number of hydrogen-bond acceptors (Lipinski definition) is 4. The zero-order valence-corrected chi connectivity index (χ0v) is 11.2. The summed E-state index contributed by atoms with van der Waals surface area (Å²) in [5.41, 5.74) is 0. The van der Waals surface area contributed by atoms with E-state index in [9.17, 15) is 8.42 Å². The Morgan fingerprint density at radius 2 is 2.24 bits per heavy atom. The molecular weight excluding hydrogens is 240 g/mol. The lowest BCUT2D eigenvalue weighted by molar-refractivity contribution is 0.196. The fraction of sp³-hybridized carbons (Fsp3) is 1.00. The number of sulfonamides is 1. The molecule has 0 aliphatic carbocycles. The molecule has 2 aliphatic heterocycles. The van der Waals surface area contributed by atoms with Gasteiger partial charge < -0.3 is 10.1 Å². The maximum Gasteiger partial charge on any atom is 0.214 e. The number of rotatable bonds is 5. The van der Waals surface area contributed by atoms with Crippen molar-refractivity contribution in [3.05, 3.63) is 0 Å². The van der Waals surface area contributed by atoms with Crippen LogP contribution in [-0.2, 0) is 14.8 Å². The number of ether oxygens (including phenoxy) is 1. The van der Waals surface area contributed by atoms with Gasteiger partial charge in [-0.05, 0) is 31.7 Å². The summed E-state index contributed by atoms with van der Waals surface area (Å²) >= 11 is 0. The van der Waals surface area contributed by atoms with Crippen molar-refractivity contribution in [1.82, 2.24) is 9.62 Å². The Hall–Kier alpha value is -0.170. The standard InChI is InChI=1S/C11H22N2O3S/c1-16-6-3-7-17(14,15)13-5-2-4-10-8-12-9-11(10)13/h10-12H,2-9H2,1H3. The highest BCUT2D eigenvalue weighted by molar-refractivity contribution is 7.89. The van der Waals surface area contributed by atoms with Crippen molar-refractivity contribution in [1.29, 1.82) is 0 Å². The van der Waals surface area contributed by atoms with Crippen LogP contribution in [0.15, 0.2) is 0 Å². The van der Waals surface area contributed by atoms with Crippen molar-refractivity contribution in [2.24, 2.45) is 5.92 Å². The van der Waals surface area contributed by atoms with Gasteiger partial charge in [-0.25, -0.2) is 8.42 Å². The molecule has 2 heterocycles. The molecule has 2 saturated heterocycles. The summed E-state index contributed by atoms with van der Waals surface area (Å²) in [7, 11) is -1.49. The maximum absolute atomic E-state index is 12.2. The van der Waals surface area contributed by atoms with E-state index in [0.29, 0.717) is 25.5 Å². The minimum atomic E-state index is -3.10. The van der Waals surface area contributed by atoms with Crippen molar-refractivity contribution >= 4 is 10.0 Å². The van der Waals surface area contributed by atoms with Gasteiger partial charge in [0.2, 0.25) is 10.0 Å². The van der Waals surface area contributed by atoms with Gasteiger partial charge in [0.1, 0.15) is 0 Å². The van der Waals surface area contributed by atoms with Gasteiger partial charge in [-0.1, -0.05) is 0 Å². The molecule has 0 bridgehead atoms. The van der Waals surface area contributed by atoms with Crippen molar-refractivity contribution in [3.8, 4) is 0 Å². The number of methoxy groups -OCH3 is 1. The van der Waals surface area contributed by atoms with Gasteiger partial charge in [0.05, 0.1) is 5.75 Å². The molecule has 2 aliphatic rings. The van der Waals surface area contributed by atoms with E-state index in [1.807, 2.05) is 0 Å². The number of nitrogens with one attached hydrogen (secondary N) is 1. The van der Waals surface area contributed by atoms with Crippen molar-refractivity contribution in [3.63, 3.8) is 0 Å². The molecule has 2 fully saturated rings. The molecule has 0 spiro atoms. The van der Waals surface area contributed by atoms with E-state index in [4.69, 9.17) is 4.74 Å². The Bertz CT molecular complexity index is 345. The molecular formula is C11H22N2O3S. The lowest BCUT2D eigenvalue weighted by Crippen LogP contribution is -2.49. The van der Waals surface area contributed by atoms with E-state index in [2.05, 4.69) is 5.32 Å². The van der Waals surface area contributed by atoms with E-state index in [1.54, 1.807) is 11.4 Å². The fourth-order valence-corrected chi connectivity index (χ4v) is 4.66. The first-order valence-electron chi connectivity index (χ1n) is 6.34. The molecule has 0 saturated carbocycles. The lowest BCUT2D eigenvalue weighted by Gasteiger charge is -2.35. The van der Waals surface area contributed by atoms with Gasteiger partial charge in [0, 0.05) is 32.8 Å². The van der Waals surface area contributed by atoms with Gasteiger partial charge in [-0.15, -0.1) is 0 Å².